The molecular weight excluding hydrogens is 478 g/mol. The van der Waals surface area contributed by atoms with Crippen LogP contribution in [0.15, 0.2) is 12.1 Å². The van der Waals surface area contributed by atoms with Gasteiger partial charge in [-0.1, -0.05) is 24.4 Å². The van der Waals surface area contributed by atoms with Crippen LogP contribution in [0.1, 0.15) is 63.0 Å². The number of likely N-dealkylation sites (tertiary alicyclic amines) is 1. The quantitative estimate of drug-likeness (QED) is 0.559. The van der Waals surface area contributed by atoms with Gasteiger partial charge < -0.3 is 19.7 Å². The molecule has 2 amide bonds. The van der Waals surface area contributed by atoms with Gasteiger partial charge in [0, 0.05) is 50.7 Å². The first-order valence-electron chi connectivity index (χ1n) is 13.5. The average molecular weight is 520 g/mol. The number of hydrogen-bond acceptors (Lipinski definition) is 5. The van der Waals surface area contributed by atoms with E-state index in [1.165, 1.54) is 25.7 Å². The zero-order chi connectivity index (χ0) is 25.7. The molecule has 1 atom stereocenters. The molecule has 0 radical (unpaired) electrons. The highest BCUT2D eigenvalue weighted by Gasteiger charge is 2.42. The first-order valence-corrected chi connectivity index (χ1v) is 13.9. The molecule has 3 fully saturated rings. The van der Waals surface area contributed by atoms with Crippen LogP contribution in [-0.2, 0) is 14.3 Å². The first-order chi connectivity index (χ1) is 17.2. The van der Waals surface area contributed by atoms with Crippen LogP contribution < -0.4 is 10.1 Å². The Morgan fingerprint density at radius 2 is 1.78 bits per heavy atom. The van der Waals surface area contributed by atoms with E-state index in [1.807, 2.05) is 30.9 Å². The van der Waals surface area contributed by atoms with Gasteiger partial charge in [-0.25, -0.2) is 0 Å². The molecule has 0 spiro atoms. The third-order valence-electron chi connectivity index (χ3n) is 7.96. The molecule has 2 aliphatic heterocycles. The van der Waals surface area contributed by atoms with E-state index in [2.05, 4.69) is 10.2 Å². The molecule has 7 nitrogen and oxygen atoms in total. The number of morpholine rings is 1. The van der Waals surface area contributed by atoms with Gasteiger partial charge in [-0.15, -0.1) is 0 Å². The third-order valence-corrected chi connectivity index (χ3v) is 8.56. The van der Waals surface area contributed by atoms with Crippen molar-refractivity contribution < 1.29 is 19.1 Å². The summed E-state index contributed by atoms with van der Waals surface area (Å²) < 4.78 is 12.7. The summed E-state index contributed by atoms with van der Waals surface area (Å²) in [6.45, 7) is 10.4. The van der Waals surface area contributed by atoms with E-state index in [0.29, 0.717) is 39.3 Å². The molecule has 2 heterocycles. The number of piperidine rings is 1. The topological polar surface area (TPSA) is 71.1 Å². The number of nitrogens with zero attached hydrogens (tertiary/aromatic N) is 2. The number of carbonyl (C=O) groups is 2. The van der Waals surface area contributed by atoms with Gasteiger partial charge in [-0.2, -0.15) is 0 Å². The van der Waals surface area contributed by atoms with Crippen LogP contribution in [0.25, 0.3) is 0 Å². The number of ether oxygens (including phenoxy) is 2. The van der Waals surface area contributed by atoms with Crippen LogP contribution in [0, 0.1) is 19.8 Å². The average Bonchev–Trinajstić information content (AvgIpc) is 3.34. The Bertz CT molecular complexity index is 904. The Balaban J connectivity index is 1.44. The van der Waals surface area contributed by atoms with Crippen LogP contribution in [0.4, 0.5) is 0 Å². The fourth-order valence-corrected chi connectivity index (χ4v) is 6.14. The van der Waals surface area contributed by atoms with Crippen molar-refractivity contribution in [3.8, 4) is 5.75 Å². The van der Waals surface area contributed by atoms with Crippen LogP contribution in [0.5, 0.6) is 5.75 Å². The fourth-order valence-electron chi connectivity index (χ4n) is 6.04. The second-order valence-corrected chi connectivity index (χ2v) is 11.5. The van der Waals surface area contributed by atoms with E-state index in [9.17, 15) is 9.59 Å². The molecular formula is C28H42ClN3O4. The molecule has 1 saturated carbocycles. The minimum Gasteiger partial charge on any atom is -0.490 e. The maximum absolute atomic E-state index is 13.5. The lowest BCUT2D eigenvalue weighted by molar-refractivity contribution is -0.157. The van der Waals surface area contributed by atoms with Crippen molar-refractivity contribution in [2.75, 3.05) is 45.9 Å². The minimum atomic E-state index is -0.691. The van der Waals surface area contributed by atoms with E-state index < -0.39 is 5.60 Å². The zero-order valence-corrected chi connectivity index (χ0v) is 22.9. The summed E-state index contributed by atoms with van der Waals surface area (Å²) in [5.41, 5.74) is 1.27. The highest BCUT2D eigenvalue weighted by molar-refractivity contribution is 6.32. The highest BCUT2D eigenvalue weighted by Crippen LogP contribution is 2.31. The van der Waals surface area contributed by atoms with Gasteiger partial charge in [0.25, 0.3) is 0 Å². The van der Waals surface area contributed by atoms with Gasteiger partial charge in [0.1, 0.15) is 18.0 Å². The van der Waals surface area contributed by atoms with Gasteiger partial charge in [0.05, 0.1) is 13.0 Å². The number of carbonyl (C=O) groups excluding carboxylic acids is 2. The van der Waals surface area contributed by atoms with Crippen molar-refractivity contribution >= 4 is 23.4 Å². The second-order valence-electron chi connectivity index (χ2n) is 11.1. The van der Waals surface area contributed by atoms with Gasteiger partial charge in [-0.05, 0) is 68.7 Å². The molecule has 36 heavy (non-hydrogen) atoms. The lowest BCUT2D eigenvalue weighted by Crippen LogP contribution is -2.58. The predicted molar refractivity (Wildman–Crippen MR) is 142 cm³/mol. The van der Waals surface area contributed by atoms with E-state index >= 15 is 0 Å². The van der Waals surface area contributed by atoms with Gasteiger partial charge in [0.15, 0.2) is 0 Å². The second kappa shape index (κ2) is 12.1. The molecule has 3 aliphatic rings. The van der Waals surface area contributed by atoms with Crippen LogP contribution in [0.3, 0.4) is 0 Å². The van der Waals surface area contributed by atoms with Crippen LogP contribution in [-0.4, -0.2) is 79.2 Å². The standard InChI is InChI=1S/C28H42ClN3O4/c1-20-14-25(15-21(2)27(20)29)35-19-28(18-31(12-13-36-28)17-23-6-4-5-7-23)16-26(34)32-10-8-24(9-11-32)30-22(3)33/h14-15,23-24H,4-13,16-19H2,1-3H3,(H,30,33). The van der Waals surface area contributed by atoms with Crippen molar-refractivity contribution in [2.24, 2.45) is 5.92 Å². The summed E-state index contributed by atoms with van der Waals surface area (Å²) in [7, 11) is 0. The number of hydrogen-bond donors (Lipinski definition) is 1. The molecule has 8 heteroatoms. The lowest BCUT2D eigenvalue weighted by atomic mass is 9.94. The summed E-state index contributed by atoms with van der Waals surface area (Å²) in [5.74, 6) is 1.59. The van der Waals surface area contributed by atoms with Gasteiger partial charge >= 0.3 is 0 Å². The summed E-state index contributed by atoms with van der Waals surface area (Å²) in [4.78, 5) is 29.3. The normalized spacial score (nSPS) is 24.2. The number of aryl methyl sites for hydroxylation is 2. The molecule has 200 valence electrons. The number of rotatable bonds is 8. The molecule has 0 aromatic heterocycles. The molecule has 1 aliphatic carbocycles. The van der Waals surface area contributed by atoms with E-state index in [0.717, 1.165) is 53.7 Å². The Morgan fingerprint density at radius 1 is 1.11 bits per heavy atom. The Hall–Kier alpha value is -1.83. The number of amides is 2. The number of benzene rings is 1. The smallest absolute Gasteiger partial charge is 0.225 e. The lowest BCUT2D eigenvalue weighted by Gasteiger charge is -2.44. The van der Waals surface area contributed by atoms with Crippen molar-refractivity contribution in [3.63, 3.8) is 0 Å². The van der Waals surface area contributed by atoms with Crippen LogP contribution >= 0.6 is 11.6 Å². The molecule has 2 saturated heterocycles. The van der Waals surface area contributed by atoms with E-state index in [-0.39, 0.29) is 17.9 Å². The first kappa shape index (κ1) is 27.2. The minimum absolute atomic E-state index is 0.0125. The Morgan fingerprint density at radius 3 is 2.42 bits per heavy atom. The molecule has 0 bridgehead atoms. The van der Waals surface area contributed by atoms with Gasteiger partial charge in [0.2, 0.25) is 11.8 Å². The monoisotopic (exact) mass is 519 g/mol. The third kappa shape index (κ3) is 7.14. The molecule has 1 aromatic carbocycles. The zero-order valence-electron chi connectivity index (χ0n) is 22.1. The number of halogens is 1. The van der Waals surface area contributed by atoms with Crippen molar-refractivity contribution in [1.82, 2.24) is 15.1 Å². The Labute approximate surface area is 220 Å². The van der Waals surface area contributed by atoms with Crippen molar-refractivity contribution in [3.05, 3.63) is 28.3 Å². The Kier molecular flexibility index (Phi) is 9.18. The summed E-state index contributed by atoms with van der Waals surface area (Å²) in [6, 6.07) is 4.06. The molecule has 4 rings (SSSR count). The summed E-state index contributed by atoms with van der Waals surface area (Å²) >= 11 is 6.36. The number of nitrogens with one attached hydrogen (secondary N) is 1. The van der Waals surface area contributed by atoms with Crippen LogP contribution in [0.2, 0.25) is 5.02 Å². The highest BCUT2D eigenvalue weighted by atomic mass is 35.5. The molecule has 1 unspecified atom stereocenters. The fraction of sp³-hybridized carbons (Fsp3) is 0.714. The van der Waals surface area contributed by atoms with Crippen molar-refractivity contribution in [2.45, 2.75) is 77.4 Å². The molecule has 1 N–H and O–H groups in total. The summed E-state index contributed by atoms with van der Waals surface area (Å²) in [6.07, 6.45) is 7.11. The SMILES string of the molecule is CC(=O)NC1CCN(C(=O)CC2(COc3cc(C)c(Cl)c(C)c3)CN(CC3CCCC3)CCO2)CC1. The maximum Gasteiger partial charge on any atom is 0.225 e. The predicted octanol–water partition coefficient (Wildman–Crippen LogP) is 4.11. The van der Waals surface area contributed by atoms with Crippen molar-refractivity contribution in [1.29, 1.82) is 0 Å². The van der Waals surface area contributed by atoms with E-state index in [1.54, 1.807) is 6.92 Å². The van der Waals surface area contributed by atoms with E-state index in [4.69, 9.17) is 21.1 Å². The summed E-state index contributed by atoms with van der Waals surface area (Å²) in [5, 5.41) is 3.74. The molecule has 1 aromatic rings. The maximum atomic E-state index is 13.5. The van der Waals surface area contributed by atoms with Gasteiger partial charge in [-0.3, -0.25) is 14.5 Å². The largest absolute Gasteiger partial charge is 0.490 e.